The van der Waals surface area contributed by atoms with Crippen LogP contribution in [0.25, 0.3) is 0 Å². The number of esters is 1. The lowest BCUT2D eigenvalue weighted by Gasteiger charge is -2.15. The van der Waals surface area contributed by atoms with Crippen molar-refractivity contribution in [2.45, 2.75) is 37.9 Å². The Morgan fingerprint density at radius 2 is 1.79 bits per heavy atom. The van der Waals surface area contributed by atoms with Crippen molar-refractivity contribution in [2.75, 3.05) is 18.5 Å². The fraction of sp³-hybridized carbons (Fsp3) is 0.364. The lowest BCUT2D eigenvalue weighted by Crippen LogP contribution is -2.33. The van der Waals surface area contributed by atoms with Crippen LogP contribution in [0.15, 0.2) is 42.6 Å². The van der Waals surface area contributed by atoms with E-state index in [9.17, 15) is 27.6 Å². The second-order valence-electron chi connectivity index (χ2n) is 7.41. The first-order valence-corrected chi connectivity index (χ1v) is 10.2. The van der Waals surface area contributed by atoms with Gasteiger partial charge in [0.05, 0.1) is 16.8 Å². The number of alkyl halides is 3. The molecule has 3 rings (SSSR count). The van der Waals surface area contributed by atoms with E-state index >= 15 is 0 Å². The Hall–Kier alpha value is -3.63. The quantitative estimate of drug-likeness (QED) is 0.578. The SMILES string of the molecule is O=C(COC(=O)c1ccc(OCC(F)(F)F)nc1)Nc1ccccc1C(=O)NC1CCCC1. The average Bonchev–Trinajstić information content (AvgIpc) is 3.29. The summed E-state index contributed by atoms with van der Waals surface area (Å²) in [6.07, 6.45) is 0.430. The van der Waals surface area contributed by atoms with Crippen LogP contribution >= 0.6 is 0 Å². The third-order valence-corrected chi connectivity index (χ3v) is 4.83. The van der Waals surface area contributed by atoms with Gasteiger partial charge in [-0.05, 0) is 31.0 Å². The van der Waals surface area contributed by atoms with Gasteiger partial charge in [-0.15, -0.1) is 0 Å². The summed E-state index contributed by atoms with van der Waals surface area (Å²) in [5.74, 6) is -2.17. The zero-order chi connectivity index (χ0) is 23.8. The molecule has 1 heterocycles. The van der Waals surface area contributed by atoms with E-state index in [-0.39, 0.29) is 29.1 Å². The van der Waals surface area contributed by atoms with Gasteiger partial charge in [-0.25, -0.2) is 9.78 Å². The molecule has 1 aliphatic rings. The molecule has 2 N–H and O–H groups in total. The van der Waals surface area contributed by atoms with Gasteiger partial charge in [0, 0.05) is 18.3 Å². The minimum Gasteiger partial charge on any atom is -0.468 e. The van der Waals surface area contributed by atoms with Gasteiger partial charge >= 0.3 is 12.1 Å². The molecule has 0 spiro atoms. The number of benzene rings is 1. The highest BCUT2D eigenvalue weighted by atomic mass is 19.4. The number of anilines is 1. The first-order chi connectivity index (χ1) is 15.7. The van der Waals surface area contributed by atoms with E-state index in [1.54, 1.807) is 24.3 Å². The summed E-state index contributed by atoms with van der Waals surface area (Å²) in [7, 11) is 0. The summed E-state index contributed by atoms with van der Waals surface area (Å²) in [4.78, 5) is 40.5. The van der Waals surface area contributed by atoms with Crippen molar-refractivity contribution in [3.8, 4) is 5.88 Å². The van der Waals surface area contributed by atoms with E-state index in [2.05, 4.69) is 20.4 Å². The molecular weight excluding hydrogens is 443 g/mol. The Morgan fingerprint density at radius 1 is 1.06 bits per heavy atom. The molecule has 1 aromatic heterocycles. The molecular formula is C22H22F3N3O5. The van der Waals surface area contributed by atoms with Gasteiger partial charge in [0.2, 0.25) is 5.88 Å². The lowest BCUT2D eigenvalue weighted by atomic mass is 10.1. The maximum absolute atomic E-state index is 12.6. The van der Waals surface area contributed by atoms with Gasteiger partial charge in [0.25, 0.3) is 11.8 Å². The maximum atomic E-state index is 12.6. The third-order valence-electron chi connectivity index (χ3n) is 4.83. The van der Waals surface area contributed by atoms with Gasteiger partial charge in [-0.3, -0.25) is 9.59 Å². The summed E-state index contributed by atoms with van der Waals surface area (Å²) in [6, 6.07) is 8.84. The fourth-order valence-corrected chi connectivity index (χ4v) is 3.27. The number of carbonyl (C=O) groups is 3. The van der Waals surface area contributed by atoms with E-state index in [1.165, 1.54) is 6.07 Å². The topological polar surface area (TPSA) is 107 Å². The fourth-order valence-electron chi connectivity index (χ4n) is 3.27. The Kier molecular flexibility index (Phi) is 7.86. The van der Waals surface area contributed by atoms with E-state index in [0.717, 1.165) is 37.9 Å². The zero-order valence-corrected chi connectivity index (χ0v) is 17.5. The molecule has 0 unspecified atom stereocenters. The predicted molar refractivity (Wildman–Crippen MR) is 111 cm³/mol. The van der Waals surface area contributed by atoms with Gasteiger partial charge in [0.15, 0.2) is 13.2 Å². The van der Waals surface area contributed by atoms with Crippen LogP contribution in [0.5, 0.6) is 5.88 Å². The lowest BCUT2D eigenvalue weighted by molar-refractivity contribution is -0.154. The van der Waals surface area contributed by atoms with Crippen molar-refractivity contribution < 1.29 is 37.0 Å². The number of hydrogen-bond donors (Lipinski definition) is 2. The van der Waals surface area contributed by atoms with Gasteiger partial charge in [0.1, 0.15) is 0 Å². The molecule has 2 aromatic rings. The molecule has 0 saturated heterocycles. The number of amides is 2. The molecule has 1 fully saturated rings. The normalized spacial score (nSPS) is 13.9. The number of rotatable bonds is 8. The number of nitrogens with one attached hydrogen (secondary N) is 2. The van der Waals surface area contributed by atoms with E-state index in [0.29, 0.717) is 5.56 Å². The Labute approximate surface area is 187 Å². The van der Waals surface area contributed by atoms with Crippen molar-refractivity contribution in [3.63, 3.8) is 0 Å². The molecule has 8 nitrogen and oxygen atoms in total. The van der Waals surface area contributed by atoms with Crippen molar-refractivity contribution in [1.82, 2.24) is 10.3 Å². The number of hydrogen-bond acceptors (Lipinski definition) is 6. The summed E-state index contributed by atoms with van der Waals surface area (Å²) in [5, 5.41) is 5.49. The monoisotopic (exact) mass is 465 g/mol. The van der Waals surface area contributed by atoms with Gasteiger partial charge in [-0.1, -0.05) is 25.0 Å². The maximum Gasteiger partial charge on any atom is 0.422 e. The van der Waals surface area contributed by atoms with Crippen LogP contribution in [0.3, 0.4) is 0 Å². The molecule has 176 valence electrons. The molecule has 33 heavy (non-hydrogen) atoms. The smallest absolute Gasteiger partial charge is 0.422 e. The van der Waals surface area contributed by atoms with Crippen molar-refractivity contribution in [3.05, 3.63) is 53.7 Å². The van der Waals surface area contributed by atoms with Crippen LogP contribution in [-0.4, -0.2) is 48.2 Å². The van der Waals surface area contributed by atoms with Crippen LogP contribution in [0, 0.1) is 0 Å². The number of pyridine rings is 1. The predicted octanol–water partition coefficient (Wildman–Crippen LogP) is 3.49. The first-order valence-electron chi connectivity index (χ1n) is 10.2. The van der Waals surface area contributed by atoms with Crippen LogP contribution in [0.2, 0.25) is 0 Å². The summed E-state index contributed by atoms with van der Waals surface area (Å²) < 4.78 is 45.8. The zero-order valence-electron chi connectivity index (χ0n) is 17.5. The molecule has 1 saturated carbocycles. The van der Waals surface area contributed by atoms with Crippen molar-refractivity contribution >= 4 is 23.5 Å². The summed E-state index contributed by atoms with van der Waals surface area (Å²) >= 11 is 0. The Balaban J connectivity index is 1.51. The third kappa shape index (κ3) is 7.48. The summed E-state index contributed by atoms with van der Waals surface area (Å²) in [5.41, 5.74) is 0.503. The highest BCUT2D eigenvalue weighted by molar-refractivity contribution is 6.04. The number of nitrogens with zero attached hydrogens (tertiary/aromatic N) is 1. The molecule has 0 bridgehead atoms. The number of carbonyl (C=O) groups excluding carboxylic acids is 3. The number of halogens is 3. The second kappa shape index (κ2) is 10.8. The molecule has 11 heteroatoms. The van der Waals surface area contributed by atoms with Gasteiger partial charge in [-0.2, -0.15) is 13.2 Å². The van der Waals surface area contributed by atoms with Gasteiger partial charge < -0.3 is 20.1 Å². The van der Waals surface area contributed by atoms with Crippen molar-refractivity contribution in [1.29, 1.82) is 0 Å². The van der Waals surface area contributed by atoms with E-state index in [4.69, 9.17) is 4.74 Å². The minimum absolute atomic E-state index is 0.0708. The Bertz CT molecular complexity index is 990. The molecule has 2 amide bonds. The van der Waals surface area contributed by atoms with Crippen LogP contribution in [0.1, 0.15) is 46.4 Å². The molecule has 0 radical (unpaired) electrons. The average molecular weight is 465 g/mol. The van der Waals surface area contributed by atoms with E-state index < -0.39 is 31.3 Å². The number of ether oxygens (including phenoxy) is 2. The standard InChI is InChI=1S/C22H22F3N3O5/c23-22(24,25)13-33-19-10-9-14(11-26-19)21(31)32-12-18(29)28-17-8-4-3-7-16(17)20(30)27-15-5-1-2-6-15/h3-4,7-11,15H,1-2,5-6,12-13H2,(H,27,30)(H,28,29). The Morgan fingerprint density at radius 3 is 2.45 bits per heavy atom. The highest BCUT2D eigenvalue weighted by Gasteiger charge is 2.28. The summed E-state index contributed by atoms with van der Waals surface area (Å²) in [6.45, 7) is -2.14. The van der Waals surface area contributed by atoms with Crippen LogP contribution in [0.4, 0.5) is 18.9 Å². The first kappa shape index (κ1) is 24.0. The molecule has 0 aliphatic heterocycles. The number of para-hydroxylation sites is 1. The van der Waals surface area contributed by atoms with E-state index in [1.807, 2.05) is 0 Å². The number of aromatic nitrogens is 1. The van der Waals surface area contributed by atoms with Crippen molar-refractivity contribution in [2.24, 2.45) is 0 Å². The second-order valence-corrected chi connectivity index (χ2v) is 7.41. The molecule has 0 atom stereocenters. The molecule has 1 aliphatic carbocycles. The highest BCUT2D eigenvalue weighted by Crippen LogP contribution is 2.21. The largest absolute Gasteiger partial charge is 0.468 e. The van der Waals surface area contributed by atoms with Crippen LogP contribution in [-0.2, 0) is 9.53 Å². The van der Waals surface area contributed by atoms with Crippen LogP contribution < -0.4 is 15.4 Å². The minimum atomic E-state index is -4.51. The molecule has 1 aromatic carbocycles.